The molecule has 2 aliphatic rings. The second-order valence-electron chi connectivity index (χ2n) is 7.56. The van der Waals surface area contributed by atoms with Gasteiger partial charge in [-0.05, 0) is 36.5 Å². The smallest absolute Gasteiger partial charge is 0.247 e. The number of likely N-dealkylation sites (tertiary alicyclic amines) is 1. The van der Waals surface area contributed by atoms with Gasteiger partial charge in [0.2, 0.25) is 11.8 Å². The molecule has 1 N–H and O–H groups in total. The van der Waals surface area contributed by atoms with Crippen LogP contribution < -0.4 is 5.32 Å². The van der Waals surface area contributed by atoms with Crippen molar-refractivity contribution in [3.63, 3.8) is 0 Å². The molecular formula is C22H24N2O4S. The first-order valence-electron chi connectivity index (χ1n) is 9.94. The zero-order chi connectivity index (χ0) is 20.4. The number of hydrogen-bond donors (Lipinski definition) is 1. The molecule has 4 rings (SSSR count). The Morgan fingerprint density at radius 3 is 2.52 bits per heavy atom. The summed E-state index contributed by atoms with van der Waals surface area (Å²) in [5.74, 6) is -0.300. The lowest BCUT2D eigenvalue weighted by Crippen LogP contribution is -2.47. The fraction of sp³-hybridized carbons (Fsp3) is 0.364. The lowest BCUT2D eigenvalue weighted by molar-refractivity contribution is -0.143. The maximum atomic E-state index is 13.4. The Bertz CT molecular complexity index is 1020. The minimum Gasteiger partial charge on any atom is -0.347 e. The SMILES string of the molecule is O=C(NC1CCS(=O)(=O)c2ccccc21)C(c1ccccc1)N1CCCCC1=O. The van der Waals surface area contributed by atoms with Gasteiger partial charge in [0, 0.05) is 13.0 Å². The largest absolute Gasteiger partial charge is 0.347 e. The Morgan fingerprint density at radius 2 is 1.76 bits per heavy atom. The van der Waals surface area contributed by atoms with Crippen molar-refractivity contribution in [3.8, 4) is 0 Å². The number of rotatable bonds is 4. The number of nitrogens with one attached hydrogen (secondary N) is 1. The van der Waals surface area contributed by atoms with Crippen LogP contribution in [0.25, 0.3) is 0 Å². The van der Waals surface area contributed by atoms with E-state index in [9.17, 15) is 18.0 Å². The third kappa shape index (κ3) is 3.92. The van der Waals surface area contributed by atoms with Crippen molar-refractivity contribution < 1.29 is 18.0 Å². The van der Waals surface area contributed by atoms with Gasteiger partial charge in [0.05, 0.1) is 16.7 Å². The van der Waals surface area contributed by atoms with Gasteiger partial charge in [0.15, 0.2) is 9.84 Å². The van der Waals surface area contributed by atoms with Crippen LogP contribution in [0.15, 0.2) is 59.5 Å². The molecule has 6 nitrogen and oxygen atoms in total. The van der Waals surface area contributed by atoms with Crippen molar-refractivity contribution in [2.45, 2.75) is 42.7 Å². The maximum Gasteiger partial charge on any atom is 0.247 e. The average molecular weight is 413 g/mol. The van der Waals surface area contributed by atoms with Crippen molar-refractivity contribution in [2.24, 2.45) is 0 Å². The van der Waals surface area contributed by atoms with Crippen molar-refractivity contribution in [3.05, 3.63) is 65.7 Å². The third-order valence-corrected chi connectivity index (χ3v) is 7.47. The molecule has 2 atom stereocenters. The number of piperidine rings is 1. The van der Waals surface area contributed by atoms with Gasteiger partial charge in [-0.25, -0.2) is 8.42 Å². The predicted molar refractivity (Wildman–Crippen MR) is 109 cm³/mol. The van der Waals surface area contributed by atoms with Crippen LogP contribution in [-0.2, 0) is 19.4 Å². The number of hydrogen-bond acceptors (Lipinski definition) is 4. The third-order valence-electron chi connectivity index (χ3n) is 5.66. The van der Waals surface area contributed by atoms with E-state index in [0.717, 1.165) is 18.4 Å². The molecule has 0 radical (unpaired) electrons. The van der Waals surface area contributed by atoms with E-state index in [1.165, 1.54) is 0 Å². The zero-order valence-electron chi connectivity index (χ0n) is 16.1. The number of nitrogens with zero attached hydrogens (tertiary/aromatic N) is 1. The Morgan fingerprint density at radius 1 is 1.03 bits per heavy atom. The van der Waals surface area contributed by atoms with Crippen LogP contribution in [0.2, 0.25) is 0 Å². The number of carbonyl (C=O) groups excluding carboxylic acids is 2. The van der Waals surface area contributed by atoms with Crippen LogP contribution in [0.5, 0.6) is 0 Å². The minimum absolute atomic E-state index is 0.00634. The van der Waals surface area contributed by atoms with Crippen molar-refractivity contribution in [1.29, 1.82) is 0 Å². The highest BCUT2D eigenvalue weighted by molar-refractivity contribution is 7.91. The van der Waals surface area contributed by atoms with Crippen LogP contribution in [0.3, 0.4) is 0 Å². The second kappa shape index (κ2) is 7.99. The van der Waals surface area contributed by atoms with E-state index in [-0.39, 0.29) is 22.5 Å². The predicted octanol–water partition coefficient (Wildman–Crippen LogP) is 2.78. The lowest BCUT2D eigenvalue weighted by Gasteiger charge is -2.35. The Balaban J connectivity index is 1.65. The molecule has 2 aromatic carbocycles. The average Bonchev–Trinajstić information content (AvgIpc) is 2.73. The van der Waals surface area contributed by atoms with E-state index >= 15 is 0 Å². The van der Waals surface area contributed by atoms with Gasteiger partial charge >= 0.3 is 0 Å². The Labute approximate surface area is 170 Å². The standard InChI is InChI=1S/C22H24N2O4S/c25-20-12-6-7-14-24(20)21(16-8-2-1-3-9-16)22(26)23-18-13-15-29(27,28)19-11-5-4-10-17(18)19/h1-5,8-11,18,21H,6-7,12-15H2,(H,23,26). The first-order valence-corrected chi connectivity index (χ1v) is 11.6. The number of carbonyl (C=O) groups is 2. The lowest BCUT2D eigenvalue weighted by atomic mass is 9.98. The van der Waals surface area contributed by atoms with E-state index < -0.39 is 21.9 Å². The number of amides is 2. The van der Waals surface area contributed by atoms with Crippen molar-refractivity contribution in [2.75, 3.05) is 12.3 Å². The van der Waals surface area contributed by atoms with E-state index in [1.54, 1.807) is 29.2 Å². The molecule has 0 saturated carbocycles. The highest BCUT2D eigenvalue weighted by Crippen LogP contribution is 2.33. The first kappa shape index (κ1) is 19.6. The summed E-state index contributed by atoms with van der Waals surface area (Å²) in [5, 5.41) is 3.03. The number of fused-ring (bicyclic) bond motifs is 1. The number of sulfone groups is 1. The highest BCUT2D eigenvalue weighted by atomic mass is 32.2. The molecule has 1 saturated heterocycles. The van der Waals surface area contributed by atoms with E-state index in [1.807, 2.05) is 30.3 Å². The molecule has 1 fully saturated rings. The summed E-state index contributed by atoms with van der Waals surface area (Å²) < 4.78 is 24.8. The zero-order valence-corrected chi connectivity index (χ0v) is 16.9. The molecule has 2 heterocycles. The van der Waals surface area contributed by atoms with Gasteiger partial charge < -0.3 is 10.2 Å². The quantitative estimate of drug-likeness (QED) is 0.837. The monoisotopic (exact) mass is 412 g/mol. The van der Waals surface area contributed by atoms with Gasteiger partial charge in [-0.15, -0.1) is 0 Å². The van der Waals surface area contributed by atoms with Crippen LogP contribution in [0.1, 0.15) is 48.9 Å². The molecule has 7 heteroatoms. The van der Waals surface area contributed by atoms with E-state index in [4.69, 9.17) is 0 Å². The van der Waals surface area contributed by atoms with Crippen LogP contribution in [0, 0.1) is 0 Å². The van der Waals surface area contributed by atoms with Gasteiger partial charge in [-0.1, -0.05) is 48.5 Å². The molecule has 2 aromatic rings. The molecule has 0 bridgehead atoms. The minimum atomic E-state index is -3.33. The van der Waals surface area contributed by atoms with Gasteiger partial charge in [-0.3, -0.25) is 9.59 Å². The maximum absolute atomic E-state index is 13.4. The van der Waals surface area contributed by atoms with Crippen molar-refractivity contribution >= 4 is 21.7 Å². The fourth-order valence-electron chi connectivity index (χ4n) is 4.20. The van der Waals surface area contributed by atoms with Gasteiger partial charge in [0.1, 0.15) is 6.04 Å². The summed E-state index contributed by atoms with van der Waals surface area (Å²) >= 11 is 0. The van der Waals surface area contributed by atoms with Gasteiger partial charge in [0.25, 0.3) is 0 Å². The van der Waals surface area contributed by atoms with Crippen LogP contribution >= 0.6 is 0 Å². The summed E-state index contributed by atoms with van der Waals surface area (Å²) in [7, 11) is -3.33. The molecule has 0 aromatic heterocycles. The van der Waals surface area contributed by atoms with E-state index in [2.05, 4.69) is 5.32 Å². The number of benzene rings is 2. The summed E-state index contributed by atoms with van der Waals surface area (Å²) in [6, 6.07) is 15.0. The molecule has 29 heavy (non-hydrogen) atoms. The fourth-order valence-corrected chi connectivity index (χ4v) is 5.82. The topological polar surface area (TPSA) is 83.6 Å². The van der Waals surface area contributed by atoms with E-state index in [0.29, 0.717) is 24.9 Å². The molecule has 0 spiro atoms. The van der Waals surface area contributed by atoms with Crippen LogP contribution in [0.4, 0.5) is 0 Å². The first-order chi connectivity index (χ1) is 14.0. The normalized spacial score (nSPS) is 21.9. The summed E-state index contributed by atoms with van der Waals surface area (Å²) in [5.41, 5.74) is 1.38. The molecule has 2 unspecified atom stereocenters. The van der Waals surface area contributed by atoms with Gasteiger partial charge in [-0.2, -0.15) is 0 Å². The highest BCUT2D eigenvalue weighted by Gasteiger charge is 2.36. The molecule has 0 aliphatic carbocycles. The Hall–Kier alpha value is -2.67. The Kier molecular flexibility index (Phi) is 5.41. The summed E-state index contributed by atoms with van der Waals surface area (Å²) in [4.78, 5) is 27.9. The van der Waals surface area contributed by atoms with Crippen LogP contribution in [-0.4, -0.2) is 37.4 Å². The summed E-state index contributed by atoms with van der Waals surface area (Å²) in [6.07, 6.45) is 2.47. The molecule has 152 valence electrons. The second-order valence-corrected chi connectivity index (χ2v) is 9.64. The summed E-state index contributed by atoms with van der Waals surface area (Å²) in [6.45, 7) is 0.543. The molecule has 2 amide bonds. The van der Waals surface area contributed by atoms with Crippen molar-refractivity contribution in [1.82, 2.24) is 10.2 Å². The molecular weight excluding hydrogens is 388 g/mol. The molecule has 2 aliphatic heterocycles.